The highest BCUT2D eigenvalue weighted by atomic mass is 16.3. The molecule has 2 heterocycles. The molecule has 0 aliphatic carbocycles. The molecule has 1 N–H and O–H groups in total. The first-order valence-corrected chi connectivity index (χ1v) is 7.70. The zero-order chi connectivity index (χ0) is 14.7. The van der Waals surface area contributed by atoms with Crippen LogP contribution in [0.3, 0.4) is 0 Å². The Hall–Kier alpha value is -1.87. The van der Waals surface area contributed by atoms with Gasteiger partial charge >= 0.3 is 0 Å². The third-order valence-electron chi connectivity index (χ3n) is 4.25. The van der Waals surface area contributed by atoms with E-state index >= 15 is 0 Å². The Morgan fingerprint density at radius 3 is 2.76 bits per heavy atom. The van der Waals surface area contributed by atoms with Crippen LogP contribution in [0.15, 0.2) is 42.5 Å². The first kappa shape index (κ1) is 14.1. The van der Waals surface area contributed by atoms with Gasteiger partial charge in [-0.2, -0.15) is 0 Å². The summed E-state index contributed by atoms with van der Waals surface area (Å²) < 4.78 is 0. The van der Waals surface area contributed by atoms with Gasteiger partial charge in [-0.05, 0) is 36.1 Å². The number of aryl methyl sites for hydroxylation is 1. The number of benzene rings is 1. The van der Waals surface area contributed by atoms with Gasteiger partial charge in [-0.3, -0.25) is 0 Å². The summed E-state index contributed by atoms with van der Waals surface area (Å²) in [6.07, 6.45) is 2.06. The van der Waals surface area contributed by atoms with Gasteiger partial charge in [0.1, 0.15) is 5.82 Å². The van der Waals surface area contributed by atoms with Crippen molar-refractivity contribution >= 4 is 5.82 Å². The quantitative estimate of drug-likeness (QED) is 0.936. The Balaban J connectivity index is 1.80. The summed E-state index contributed by atoms with van der Waals surface area (Å²) in [5.74, 6) is 1.59. The van der Waals surface area contributed by atoms with Crippen molar-refractivity contribution in [3.63, 3.8) is 0 Å². The summed E-state index contributed by atoms with van der Waals surface area (Å²) in [5, 5.41) is 9.41. The summed E-state index contributed by atoms with van der Waals surface area (Å²) in [6, 6.07) is 14.7. The lowest BCUT2D eigenvalue weighted by Gasteiger charge is -2.19. The van der Waals surface area contributed by atoms with E-state index in [0.29, 0.717) is 5.92 Å². The van der Waals surface area contributed by atoms with Crippen LogP contribution in [-0.4, -0.2) is 23.2 Å². The molecule has 1 aliphatic rings. The minimum atomic E-state index is 0.0818. The molecule has 1 aromatic heterocycles. The van der Waals surface area contributed by atoms with Gasteiger partial charge in [0.15, 0.2) is 0 Å². The maximum Gasteiger partial charge on any atom is 0.129 e. The Labute approximate surface area is 126 Å². The lowest BCUT2D eigenvalue weighted by atomic mass is 9.99. The highest BCUT2D eigenvalue weighted by molar-refractivity contribution is 5.45. The number of hydrogen-bond donors (Lipinski definition) is 1. The highest BCUT2D eigenvalue weighted by Gasteiger charge is 2.25. The van der Waals surface area contributed by atoms with Gasteiger partial charge in [0.25, 0.3) is 0 Å². The lowest BCUT2D eigenvalue weighted by Crippen LogP contribution is -2.21. The molecule has 1 atom stereocenters. The number of hydrogen-bond acceptors (Lipinski definition) is 3. The Kier molecular flexibility index (Phi) is 4.20. The maximum atomic E-state index is 9.41. The highest BCUT2D eigenvalue weighted by Crippen LogP contribution is 2.30. The molecule has 110 valence electrons. The maximum absolute atomic E-state index is 9.41. The second-order valence-corrected chi connectivity index (χ2v) is 5.68. The van der Waals surface area contributed by atoms with Crippen LogP contribution in [0.4, 0.5) is 5.82 Å². The monoisotopic (exact) mass is 282 g/mol. The van der Waals surface area contributed by atoms with Crippen LogP contribution in [0.5, 0.6) is 0 Å². The van der Waals surface area contributed by atoms with Crippen molar-refractivity contribution < 1.29 is 5.11 Å². The zero-order valence-corrected chi connectivity index (χ0v) is 12.5. The van der Waals surface area contributed by atoms with Crippen molar-refractivity contribution in [1.82, 2.24) is 4.98 Å². The summed E-state index contributed by atoms with van der Waals surface area (Å²) in [7, 11) is 0. The van der Waals surface area contributed by atoms with Crippen molar-refractivity contribution in [1.29, 1.82) is 0 Å². The summed E-state index contributed by atoms with van der Waals surface area (Å²) in [6.45, 7) is 4.22. The number of aliphatic hydroxyl groups is 1. The van der Waals surface area contributed by atoms with Gasteiger partial charge in [-0.25, -0.2) is 4.98 Å². The van der Waals surface area contributed by atoms with E-state index in [1.807, 2.05) is 12.1 Å². The summed E-state index contributed by atoms with van der Waals surface area (Å²) in [5.41, 5.74) is 3.42. The van der Waals surface area contributed by atoms with E-state index < -0.39 is 0 Å². The molecule has 3 nitrogen and oxygen atoms in total. The van der Waals surface area contributed by atoms with Gasteiger partial charge in [0.2, 0.25) is 0 Å². The number of aromatic nitrogens is 1. The Morgan fingerprint density at radius 2 is 2.05 bits per heavy atom. The number of anilines is 1. The van der Waals surface area contributed by atoms with E-state index in [2.05, 4.69) is 42.2 Å². The predicted molar refractivity (Wildman–Crippen MR) is 85.6 cm³/mol. The molecule has 0 spiro atoms. The third kappa shape index (κ3) is 3.08. The molecule has 3 heteroatoms. The first-order valence-electron chi connectivity index (χ1n) is 7.70. The molecule has 21 heavy (non-hydrogen) atoms. The minimum Gasteiger partial charge on any atom is -0.392 e. The lowest BCUT2D eigenvalue weighted by molar-refractivity contribution is 0.281. The van der Waals surface area contributed by atoms with Crippen molar-refractivity contribution in [3.8, 4) is 0 Å². The van der Waals surface area contributed by atoms with Crippen LogP contribution in [0.25, 0.3) is 0 Å². The fraction of sp³-hybridized carbons (Fsp3) is 0.389. The fourth-order valence-corrected chi connectivity index (χ4v) is 3.03. The Morgan fingerprint density at radius 1 is 1.24 bits per heavy atom. The van der Waals surface area contributed by atoms with Crippen LogP contribution >= 0.6 is 0 Å². The predicted octanol–water partition coefficient (Wildman–Crippen LogP) is 3.13. The topological polar surface area (TPSA) is 36.4 Å². The van der Waals surface area contributed by atoms with Crippen LogP contribution in [0.1, 0.15) is 36.1 Å². The SMILES string of the molecule is CCc1cc(CO)cc(N2CCC(c3ccccc3)C2)n1. The van der Waals surface area contributed by atoms with Gasteiger partial charge in [-0.1, -0.05) is 37.3 Å². The molecule has 3 rings (SSSR count). The molecule has 1 saturated heterocycles. The van der Waals surface area contributed by atoms with E-state index in [9.17, 15) is 5.11 Å². The molecule has 1 aromatic carbocycles. The number of rotatable bonds is 4. The molecular formula is C18H22N2O. The van der Waals surface area contributed by atoms with Crippen molar-refractivity contribution in [2.75, 3.05) is 18.0 Å². The normalized spacial score (nSPS) is 18.2. The van der Waals surface area contributed by atoms with E-state index in [0.717, 1.165) is 43.0 Å². The standard InChI is InChI=1S/C18H22N2O/c1-2-17-10-14(13-21)11-18(19-17)20-9-8-16(12-20)15-6-4-3-5-7-15/h3-7,10-11,16,21H,2,8-9,12-13H2,1H3. The number of pyridine rings is 1. The molecule has 1 aliphatic heterocycles. The summed E-state index contributed by atoms with van der Waals surface area (Å²) in [4.78, 5) is 7.07. The van der Waals surface area contributed by atoms with Crippen LogP contribution in [-0.2, 0) is 13.0 Å². The third-order valence-corrected chi connectivity index (χ3v) is 4.25. The second kappa shape index (κ2) is 6.27. The first-order chi connectivity index (χ1) is 10.3. The largest absolute Gasteiger partial charge is 0.392 e. The molecule has 1 fully saturated rings. The summed E-state index contributed by atoms with van der Waals surface area (Å²) >= 11 is 0. The average molecular weight is 282 g/mol. The molecule has 1 unspecified atom stereocenters. The van der Waals surface area contributed by atoms with Crippen LogP contribution < -0.4 is 4.90 Å². The van der Waals surface area contributed by atoms with E-state index in [-0.39, 0.29) is 6.61 Å². The van der Waals surface area contributed by atoms with Gasteiger partial charge in [0.05, 0.1) is 6.61 Å². The van der Waals surface area contributed by atoms with Crippen LogP contribution in [0.2, 0.25) is 0 Å². The van der Waals surface area contributed by atoms with Gasteiger partial charge < -0.3 is 10.0 Å². The molecule has 0 bridgehead atoms. The Bertz CT molecular complexity index is 575. The van der Waals surface area contributed by atoms with Crippen LogP contribution in [0, 0.1) is 0 Å². The molecule has 2 aromatic rings. The van der Waals surface area contributed by atoms with Crippen molar-refractivity contribution in [2.45, 2.75) is 32.3 Å². The molecular weight excluding hydrogens is 260 g/mol. The molecule has 0 amide bonds. The van der Waals surface area contributed by atoms with Gasteiger partial charge in [0, 0.05) is 24.7 Å². The zero-order valence-electron chi connectivity index (χ0n) is 12.5. The van der Waals surface area contributed by atoms with E-state index in [1.165, 1.54) is 5.56 Å². The van der Waals surface area contributed by atoms with Crippen molar-refractivity contribution in [2.24, 2.45) is 0 Å². The second-order valence-electron chi connectivity index (χ2n) is 5.68. The average Bonchev–Trinajstić information content (AvgIpc) is 3.05. The molecule has 0 radical (unpaired) electrons. The molecule has 0 saturated carbocycles. The smallest absolute Gasteiger partial charge is 0.129 e. The number of aliphatic hydroxyl groups excluding tert-OH is 1. The van der Waals surface area contributed by atoms with Crippen molar-refractivity contribution in [3.05, 3.63) is 59.3 Å². The number of nitrogens with zero attached hydrogens (tertiary/aromatic N) is 2. The van der Waals surface area contributed by atoms with Gasteiger partial charge in [-0.15, -0.1) is 0 Å². The van der Waals surface area contributed by atoms with E-state index in [1.54, 1.807) is 0 Å². The van der Waals surface area contributed by atoms with E-state index in [4.69, 9.17) is 4.98 Å². The fourth-order valence-electron chi connectivity index (χ4n) is 3.03. The minimum absolute atomic E-state index is 0.0818.